The lowest BCUT2D eigenvalue weighted by molar-refractivity contribution is 0.169. The van der Waals surface area contributed by atoms with Crippen LogP contribution in [0.1, 0.15) is 12.0 Å². The third-order valence-electron chi connectivity index (χ3n) is 3.23. The fraction of sp³-hybridized carbons (Fsp3) is 0.750. The predicted molar refractivity (Wildman–Crippen MR) is 66.6 cm³/mol. The fourth-order valence-corrected chi connectivity index (χ4v) is 2.55. The molecule has 1 aliphatic rings. The van der Waals surface area contributed by atoms with Gasteiger partial charge in [-0.15, -0.1) is 0 Å². The zero-order chi connectivity index (χ0) is 12.4. The van der Waals surface area contributed by atoms with E-state index in [9.17, 15) is 5.11 Å². The van der Waals surface area contributed by atoms with Gasteiger partial charge in [0.25, 0.3) is 0 Å². The van der Waals surface area contributed by atoms with Crippen LogP contribution in [0.5, 0.6) is 0 Å². The molecule has 1 aromatic heterocycles. The van der Waals surface area contributed by atoms with Crippen molar-refractivity contribution in [1.82, 2.24) is 19.6 Å². The summed E-state index contributed by atoms with van der Waals surface area (Å²) in [6.07, 6.45) is 4.63. The number of aromatic nitrogens is 2. The summed E-state index contributed by atoms with van der Waals surface area (Å²) < 4.78 is 1.82. The van der Waals surface area contributed by atoms with Crippen LogP contribution in [0, 0.1) is 0 Å². The molecule has 96 valence electrons. The molecular weight excluding hydrogens is 216 g/mol. The SMILES string of the molecule is CN(C)CC1CC(O)CN1Cc1cnn(C)c1. The molecule has 0 saturated carbocycles. The van der Waals surface area contributed by atoms with Gasteiger partial charge < -0.3 is 10.0 Å². The number of aliphatic hydroxyl groups excluding tert-OH is 1. The molecule has 2 unspecified atom stereocenters. The highest BCUT2D eigenvalue weighted by Crippen LogP contribution is 2.20. The minimum atomic E-state index is -0.184. The van der Waals surface area contributed by atoms with Crippen molar-refractivity contribution in [3.63, 3.8) is 0 Å². The van der Waals surface area contributed by atoms with E-state index in [1.54, 1.807) is 0 Å². The highest BCUT2D eigenvalue weighted by atomic mass is 16.3. The van der Waals surface area contributed by atoms with Crippen LogP contribution in [0.2, 0.25) is 0 Å². The molecule has 5 nitrogen and oxygen atoms in total. The quantitative estimate of drug-likeness (QED) is 0.797. The summed E-state index contributed by atoms with van der Waals surface area (Å²) in [7, 11) is 6.08. The molecule has 1 aliphatic heterocycles. The van der Waals surface area contributed by atoms with E-state index in [0.717, 1.165) is 26.1 Å². The van der Waals surface area contributed by atoms with Crippen LogP contribution in [-0.4, -0.2) is 64.0 Å². The molecule has 2 rings (SSSR count). The normalized spacial score (nSPS) is 25.9. The molecule has 0 amide bonds. The molecule has 2 heterocycles. The molecule has 1 aromatic rings. The average Bonchev–Trinajstić information content (AvgIpc) is 2.74. The van der Waals surface area contributed by atoms with Crippen LogP contribution >= 0.6 is 0 Å². The summed E-state index contributed by atoms with van der Waals surface area (Å²) in [5, 5.41) is 14.0. The second-order valence-electron chi connectivity index (χ2n) is 5.26. The number of rotatable bonds is 4. The second-order valence-corrected chi connectivity index (χ2v) is 5.26. The number of likely N-dealkylation sites (tertiary alicyclic amines) is 1. The largest absolute Gasteiger partial charge is 0.392 e. The highest BCUT2D eigenvalue weighted by Gasteiger charge is 2.31. The van der Waals surface area contributed by atoms with Crippen molar-refractivity contribution >= 4 is 0 Å². The molecule has 2 atom stereocenters. The average molecular weight is 238 g/mol. The molecule has 1 fully saturated rings. The van der Waals surface area contributed by atoms with Crippen molar-refractivity contribution in [3.8, 4) is 0 Å². The number of aliphatic hydroxyl groups is 1. The summed E-state index contributed by atoms with van der Waals surface area (Å²) >= 11 is 0. The lowest BCUT2D eigenvalue weighted by Crippen LogP contribution is -2.37. The maximum absolute atomic E-state index is 9.79. The first kappa shape index (κ1) is 12.5. The zero-order valence-corrected chi connectivity index (χ0v) is 10.9. The van der Waals surface area contributed by atoms with Gasteiger partial charge in [0.2, 0.25) is 0 Å². The molecule has 0 bridgehead atoms. The topological polar surface area (TPSA) is 44.5 Å². The van der Waals surface area contributed by atoms with Crippen LogP contribution < -0.4 is 0 Å². The predicted octanol–water partition coefficient (Wildman–Crippen LogP) is -0.0831. The molecule has 0 spiro atoms. The van der Waals surface area contributed by atoms with Crippen LogP contribution in [0.4, 0.5) is 0 Å². The molecule has 17 heavy (non-hydrogen) atoms. The fourth-order valence-electron chi connectivity index (χ4n) is 2.55. The third-order valence-corrected chi connectivity index (χ3v) is 3.23. The van der Waals surface area contributed by atoms with Gasteiger partial charge in [0.05, 0.1) is 12.3 Å². The van der Waals surface area contributed by atoms with Gasteiger partial charge in [0.15, 0.2) is 0 Å². The zero-order valence-electron chi connectivity index (χ0n) is 10.9. The van der Waals surface area contributed by atoms with E-state index in [-0.39, 0.29) is 6.10 Å². The summed E-state index contributed by atoms with van der Waals surface area (Å²) in [5.41, 5.74) is 1.21. The maximum atomic E-state index is 9.79. The summed E-state index contributed by atoms with van der Waals surface area (Å²) in [6.45, 7) is 2.65. The Morgan fingerprint density at radius 2 is 2.29 bits per heavy atom. The van der Waals surface area contributed by atoms with Gasteiger partial charge in [-0.3, -0.25) is 9.58 Å². The Balaban J connectivity index is 1.98. The first-order valence-corrected chi connectivity index (χ1v) is 6.09. The molecule has 0 aliphatic carbocycles. The van der Waals surface area contributed by atoms with Gasteiger partial charge in [-0.1, -0.05) is 0 Å². The minimum absolute atomic E-state index is 0.184. The number of hydrogen-bond donors (Lipinski definition) is 1. The lowest BCUT2D eigenvalue weighted by Gasteiger charge is -2.26. The van der Waals surface area contributed by atoms with Crippen molar-refractivity contribution < 1.29 is 5.11 Å². The third kappa shape index (κ3) is 3.28. The van der Waals surface area contributed by atoms with E-state index in [1.807, 2.05) is 24.1 Å². The standard InChI is InChI=1S/C12H22N4O/c1-14(2)8-11-4-12(17)9-16(11)7-10-5-13-15(3)6-10/h5-6,11-12,17H,4,7-9H2,1-3H3. The van der Waals surface area contributed by atoms with E-state index in [2.05, 4.69) is 29.0 Å². The van der Waals surface area contributed by atoms with Crippen LogP contribution in [0.25, 0.3) is 0 Å². The Morgan fingerprint density at radius 3 is 2.88 bits per heavy atom. The van der Waals surface area contributed by atoms with Crippen LogP contribution in [0.15, 0.2) is 12.4 Å². The van der Waals surface area contributed by atoms with Gasteiger partial charge in [-0.25, -0.2) is 0 Å². The number of β-amino-alcohol motifs (C(OH)–C–C–N with tert-alkyl or cyclic N) is 1. The van der Waals surface area contributed by atoms with Crippen molar-refractivity contribution in [1.29, 1.82) is 0 Å². The van der Waals surface area contributed by atoms with Crippen molar-refractivity contribution in [2.24, 2.45) is 7.05 Å². The van der Waals surface area contributed by atoms with Gasteiger partial charge in [0, 0.05) is 44.5 Å². The van der Waals surface area contributed by atoms with E-state index in [4.69, 9.17) is 0 Å². The van der Waals surface area contributed by atoms with E-state index in [1.165, 1.54) is 5.56 Å². The Labute approximate surface area is 103 Å². The van der Waals surface area contributed by atoms with Crippen molar-refractivity contribution in [2.75, 3.05) is 27.2 Å². The monoisotopic (exact) mass is 238 g/mol. The molecule has 0 radical (unpaired) electrons. The lowest BCUT2D eigenvalue weighted by atomic mass is 10.2. The Morgan fingerprint density at radius 1 is 1.53 bits per heavy atom. The molecule has 5 heteroatoms. The molecule has 1 N–H and O–H groups in total. The van der Waals surface area contributed by atoms with Crippen molar-refractivity contribution in [2.45, 2.75) is 25.1 Å². The summed E-state index contributed by atoms with van der Waals surface area (Å²) in [6, 6.07) is 0.445. The molecule has 1 saturated heterocycles. The smallest absolute Gasteiger partial charge is 0.0682 e. The van der Waals surface area contributed by atoms with Gasteiger partial charge in [-0.05, 0) is 20.5 Å². The number of aryl methyl sites for hydroxylation is 1. The number of nitrogens with zero attached hydrogens (tertiary/aromatic N) is 4. The van der Waals surface area contributed by atoms with E-state index < -0.39 is 0 Å². The molecule has 0 aromatic carbocycles. The highest BCUT2D eigenvalue weighted by molar-refractivity contribution is 5.05. The second kappa shape index (κ2) is 5.16. The first-order valence-electron chi connectivity index (χ1n) is 6.09. The van der Waals surface area contributed by atoms with E-state index >= 15 is 0 Å². The van der Waals surface area contributed by atoms with Crippen LogP contribution in [0.3, 0.4) is 0 Å². The maximum Gasteiger partial charge on any atom is 0.0682 e. The Bertz CT molecular complexity index is 363. The Hall–Kier alpha value is -0.910. The number of likely N-dealkylation sites (N-methyl/N-ethyl adjacent to an activating group) is 1. The van der Waals surface area contributed by atoms with Gasteiger partial charge >= 0.3 is 0 Å². The van der Waals surface area contributed by atoms with Gasteiger partial charge in [-0.2, -0.15) is 5.10 Å². The minimum Gasteiger partial charge on any atom is -0.392 e. The summed E-state index contributed by atoms with van der Waals surface area (Å²) in [5.74, 6) is 0. The number of hydrogen-bond acceptors (Lipinski definition) is 4. The molecular formula is C12H22N4O. The first-order chi connectivity index (χ1) is 8.04. The Kier molecular flexibility index (Phi) is 3.81. The van der Waals surface area contributed by atoms with Crippen LogP contribution in [-0.2, 0) is 13.6 Å². The van der Waals surface area contributed by atoms with Gasteiger partial charge in [0.1, 0.15) is 0 Å². The van der Waals surface area contributed by atoms with E-state index in [0.29, 0.717) is 6.04 Å². The summed E-state index contributed by atoms with van der Waals surface area (Å²) in [4.78, 5) is 4.53. The van der Waals surface area contributed by atoms with Crippen molar-refractivity contribution in [3.05, 3.63) is 18.0 Å².